The fourth-order valence-electron chi connectivity index (χ4n) is 3.59. The molecule has 0 fully saturated rings. The van der Waals surface area contributed by atoms with E-state index in [-0.39, 0.29) is 17.6 Å². The SMILES string of the molecule is C[C@H](C(=O)N[C@H]1CCCc2ccccc21)N(c1ccc(F)cc1)S(C)(=O)=O. The van der Waals surface area contributed by atoms with Crippen molar-refractivity contribution in [1.82, 2.24) is 5.32 Å². The number of hydrogen-bond acceptors (Lipinski definition) is 3. The van der Waals surface area contributed by atoms with Gasteiger partial charge >= 0.3 is 0 Å². The predicted octanol–water partition coefficient (Wildman–Crippen LogP) is 3.17. The molecule has 7 heteroatoms. The van der Waals surface area contributed by atoms with Gasteiger partial charge in [-0.1, -0.05) is 24.3 Å². The quantitative estimate of drug-likeness (QED) is 0.853. The first-order chi connectivity index (χ1) is 12.8. The van der Waals surface area contributed by atoms with Crippen LogP contribution >= 0.6 is 0 Å². The Bertz CT molecular complexity index is 928. The van der Waals surface area contributed by atoms with E-state index in [1.54, 1.807) is 0 Å². The highest BCUT2D eigenvalue weighted by Gasteiger charge is 2.31. The number of hydrogen-bond donors (Lipinski definition) is 1. The molecular formula is C20H23FN2O3S. The molecule has 0 saturated heterocycles. The van der Waals surface area contributed by atoms with Crippen LogP contribution in [0.25, 0.3) is 0 Å². The first-order valence-electron chi connectivity index (χ1n) is 8.90. The van der Waals surface area contributed by atoms with Crippen LogP contribution < -0.4 is 9.62 Å². The molecule has 2 atom stereocenters. The Balaban J connectivity index is 1.84. The third-order valence-electron chi connectivity index (χ3n) is 4.86. The first kappa shape index (κ1) is 19.4. The van der Waals surface area contributed by atoms with Crippen LogP contribution in [0.5, 0.6) is 0 Å². The van der Waals surface area contributed by atoms with Crippen molar-refractivity contribution >= 4 is 21.6 Å². The Morgan fingerprint density at radius 2 is 1.85 bits per heavy atom. The van der Waals surface area contributed by atoms with Crippen molar-refractivity contribution in [2.75, 3.05) is 10.6 Å². The average molecular weight is 390 g/mol. The van der Waals surface area contributed by atoms with Crippen LogP contribution in [-0.2, 0) is 21.2 Å². The molecule has 2 aromatic carbocycles. The molecule has 1 aliphatic rings. The molecule has 1 N–H and O–H groups in total. The molecule has 0 bridgehead atoms. The second kappa shape index (κ2) is 7.68. The highest BCUT2D eigenvalue weighted by atomic mass is 32.2. The van der Waals surface area contributed by atoms with Crippen LogP contribution in [0.2, 0.25) is 0 Å². The van der Waals surface area contributed by atoms with E-state index in [2.05, 4.69) is 11.4 Å². The van der Waals surface area contributed by atoms with E-state index in [4.69, 9.17) is 0 Å². The summed E-state index contributed by atoms with van der Waals surface area (Å²) in [4.78, 5) is 12.9. The Hall–Kier alpha value is -2.41. The smallest absolute Gasteiger partial charge is 0.244 e. The van der Waals surface area contributed by atoms with Gasteiger partial charge in [0.05, 0.1) is 18.0 Å². The normalized spacial score (nSPS) is 17.7. The van der Waals surface area contributed by atoms with E-state index >= 15 is 0 Å². The van der Waals surface area contributed by atoms with Gasteiger partial charge in [-0.25, -0.2) is 12.8 Å². The Morgan fingerprint density at radius 1 is 1.19 bits per heavy atom. The summed E-state index contributed by atoms with van der Waals surface area (Å²) in [7, 11) is -3.73. The summed E-state index contributed by atoms with van der Waals surface area (Å²) in [5.41, 5.74) is 2.54. The van der Waals surface area contributed by atoms with Crippen molar-refractivity contribution in [2.45, 2.75) is 38.3 Å². The molecule has 144 valence electrons. The average Bonchev–Trinajstić information content (AvgIpc) is 2.62. The highest BCUT2D eigenvalue weighted by molar-refractivity contribution is 7.92. The lowest BCUT2D eigenvalue weighted by Gasteiger charge is -2.31. The number of benzene rings is 2. The van der Waals surface area contributed by atoms with Gasteiger partial charge in [0.15, 0.2) is 0 Å². The molecule has 2 aromatic rings. The summed E-state index contributed by atoms with van der Waals surface area (Å²) in [5.74, 6) is -0.852. The molecule has 5 nitrogen and oxygen atoms in total. The number of rotatable bonds is 5. The minimum atomic E-state index is -3.73. The minimum absolute atomic E-state index is 0.139. The van der Waals surface area contributed by atoms with Crippen molar-refractivity contribution in [2.24, 2.45) is 0 Å². The van der Waals surface area contributed by atoms with Crippen LogP contribution in [-0.4, -0.2) is 26.6 Å². The van der Waals surface area contributed by atoms with Gasteiger partial charge in [0.2, 0.25) is 15.9 Å². The Kier molecular flexibility index (Phi) is 5.51. The van der Waals surface area contributed by atoms with Gasteiger partial charge < -0.3 is 5.32 Å². The zero-order valence-corrected chi connectivity index (χ0v) is 16.2. The number of nitrogens with zero attached hydrogens (tertiary/aromatic N) is 1. The summed E-state index contributed by atoms with van der Waals surface area (Å²) >= 11 is 0. The van der Waals surface area contributed by atoms with E-state index in [1.807, 2.05) is 18.2 Å². The third kappa shape index (κ3) is 4.30. The lowest BCUT2D eigenvalue weighted by atomic mass is 9.87. The monoisotopic (exact) mass is 390 g/mol. The molecule has 3 rings (SSSR count). The summed E-state index contributed by atoms with van der Waals surface area (Å²) in [5, 5.41) is 2.99. The van der Waals surface area contributed by atoms with Crippen molar-refractivity contribution in [1.29, 1.82) is 0 Å². The van der Waals surface area contributed by atoms with Gasteiger partial charge in [-0.15, -0.1) is 0 Å². The largest absolute Gasteiger partial charge is 0.347 e. The van der Waals surface area contributed by atoms with Gasteiger partial charge in [-0.05, 0) is 61.6 Å². The van der Waals surface area contributed by atoms with Gasteiger partial charge in [-0.2, -0.15) is 0 Å². The number of nitrogens with one attached hydrogen (secondary N) is 1. The van der Waals surface area contributed by atoms with Gasteiger partial charge in [0.1, 0.15) is 11.9 Å². The zero-order valence-electron chi connectivity index (χ0n) is 15.4. The maximum Gasteiger partial charge on any atom is 0.244 e. The zero-order chi connectivity index (χ0) is 19.6. The van der Waals surface area contributed by atoms with Crippen molar-refractivity contribution < 1.29 is 17.6 Å². The standard InChI is InChI=1S/C20H23FN2O3S/c1-14(23(27(2,25)26)17-12-10-16(21)11-13-17)20(24)22-19-9-5-7-15-6-3-4-8-18(15)19/h3-4,6,8,10-14,19H,5,7,9H2,1-2H3,(H,22,24)/t14-,19+/m1/s1. The Morgan fingerprint density at radius 3 is 2.52 bits per heavy atom. The summed E-state index contributed by atoms with van der Waals surface area (Å²) < 4.78 is 38.8. The number of amides is 1. The molecule has 0 aromatic heterocycles. The van der Waals surface area contributed by atoms with E-state index in [9.17, 15) is 17.6 Å². The van der Waals surface area contributed by atoms with Crippen molar-refractivity contribution in [3.8, 4) is 0 Å². The molecule has 1 aliphatic carbocycles. The van der Waals surface area contributed by atoms with E-state index < -0.39 is 21.9 Å². The molecule has 27 heavy (non-hydrogen) atoms. The van der Waals surface area contributed by atoms with E-state index in [0.717, 1.165) is 35.4 Å². The number of halogens is 1. The topological polar surface area (TPSA) is 66.5 Å². The maximum atomic E-state index is 13.2. The van der Waals surface area contributed by atoms with Crippen molar-refractivity contribution in [3.05, 3.63) is 65.5 Å². The van der Waals surface area contributed by atoms with Gasteiger partial charge in [0, 0.05) is 0 Å². The van der Waals surface area contributed by atoms with E-state index in [1.165, 1.54) is 36.8 Å². The van der Waals surface area contributed by atoms with Crippen molar-refractivity contribution in [3.63, 3.8) is 0 Å². The number of anilines is 1. The lowest BCUT2D eigenvalue weighted by molar-refractivity contribution is -0.122. The molecule has 0 saturated carbocycles. The molecule has 0 heterocycles. The second-order valence-corrected chi connectivity index (χ2v) is 8.72. The van der Waals surface area contributed by atoms with Crippen LogP contribution in [0.3, 0.4) is 0 Å². The van der Waals surface area contributed by atoms with Crippen LogP contribution in [0, 0.1) is 5.82 Å². The number of sulfonamides is 1. The van der Waals surface area contributed by atoms with Crippen LogP contribution in [0.4, 0.5) is 10.1 Å². The predicted molar refractivity (Wildman–Crippen MR) is 103 cm³/mol. The minimum Gasteiger partial charge on any atom is -0.347 e. The van der Waals surface area contributed by atoms with Crippen LogP contribution in [0.15, 0.2) is 48.5 Å². The molecule has 0 radical (unpaired) electrons. The fourth-order valence-corrected chi connectivity index (χ4v) is 4.77. The summed E-state index contributed by atoms with van der Waals surface area (Å²) in [6.07, 6.45) is 3.79. The lowest BCUT2D eigenvalue weighted by Crippen LogP contribution is -2.49. The molecule has 1 amide bonds. The summed E-state index contributed by atoms with van der Waals surface area (Å²) in [6, 6.07) is 11.9. The van der Waals surface area contributed by atoms with Gasteiger partial charge in [0.25, 0.3) is 0 Å². The van der Waals surface area contributed by atoms with Crippen LogP contribution in [0.1, 0.15) is 36.9 Å². The number of carbonyl (C=O) groups excluding carboxylic acids is 1. The molecule has 0 spiro atoms. The molecule has 0 unspecified atom stereocenters. The first-order valence-corrected chi connectivity index (χ1v) is 10.8. The third-order valence-corrected chi connectivity index (χ3v) is 6.10. The molecule has 0 aliphatic heterocycles. The Labute approximate surface area is 159 Å². The highest BCUT2D eigenvalue weighted by Crippen LogP contribution is 2.30. The second-order valence-electron chi connectivity index (χ2n) is 6.86. The maximum absolute atomic E-state index is 13.2. The van der Waals surface area contributed by atoms with E-state index in [0.29, 0.717) is 0 Å². The fraction of sp³-hybridized carbons (Fsp3) is 0.350. The van der Waals surface area contributed by atoms with Gasteiger partial charge in [-0.3, -0.25) is 9.10 Å². The number of carbonyl (C=O) groups is 1. The number of fused-ring (bicyclic) bond motifs is 1. The summed E-state index contributed by atoms with van der Waals surface area (Å²) in [6.45, 7) is 1.54. The molecular weight excluding hydrogens is 367 g/mol. The number of aryl methyl sites for hydroxylation is 1.